The Morgan fingerprint density at radius 1 is 0.485 bits per heavy atom. The van der Waals surface area contributed by atoms with Gasteiger partial charge in [0.2, 0.25) is 0 Å². The molecule has 2 nitrogen and oxygen atoms in total. The molecule has 0 spiro atoms. The number of allylic oxidation sites excluding steroid dienone is 9. The van der Waals surface area contributed by atoms with E-state index in [1.165, 1.54) is 119 Å². The second-order valence-electron chi connectivity index (χ2n) is 34.8. The molecular formula is C90H118Cl2O2Si2Zr. The van der Waals surface area contributed by atoms with Crippen molar-refractivity contribution in [1.29, 1.82) is 0 Å². The maximum absolute atomic E-state index is 6.35. The molecule has 0 saturated heterocycles. The van der Waals surface area contributed by atoms with Gasteiger partial charge in [0.25, 0.3) is 0 Å². The molecule has 0 heterocycles. The molecule has 7 heteroatoms. The number of halogens is 2. The van der Waals surface area contributed by atoms with Gasteiger partial charge in [-0.1, -0.05) is 303 Å². The van der Waals surface area contributed by atoms with Crippen molar-refractivity contribution >= 4 is 56.5 Å². The minimum absolute atomic E-state index is 0. The van der Waals surface area contributed by atoms with Crippen molar-refractivity contribution in [2.45, 2.75) is 202 Å². The van der Waals surface area contributed by atoms with Gasteiger partial charge in [-0.3, -0.25) is 0 Å². The summed E-state index contributed by atoms with van der Waals surface area (Å²) < 4.78 is 12.6. The third-order valence-corrected chi connectivity index (χ3v) is 33.1. The number of methoxy groups -OCH3 is 2. The molecule has 12 rings (SSSR count). The van der Waals surface area contributed by atoms with E-state index in [1.54, 1.807) is 5.57 Å². The van der Waals surface area contributed by atoms with Crippen LogP contribution in [0.1, 0.15) is 197 Å². The Hall–Kier alpha value is -4.74. The quantitative estimate of drug-likeness (QED) is 0.101. The van der Waals surface area contributed by atoms with Crippen LogP contribution in [0.25, 0.3) is 45.6 Å². The first-order valence-corrected chi connectivity index (χ1v) is 48.1. The van der Waals surface area contributed by atoms with E-state index in [0.29, 0.717) is 40.7 Å². The van der Waals surface area contributed by atoms with Gasteiger partial charge >= 0.3 is 37.9 Å². The Morgan fingerprint density at radius 2 is 0.948 bits per heavy atom. The summed E-state index contributed by atoms with van der Waals surface area (Å²) in [5, 5.41) is 0. The third-order valence-electron chi connectivity index (χ3n) is 23.2. The average Bonchev–Trinajstić information content (AvgIpc) is 1.59. The fraction of sp³-hybridized carbons (Fsp3) is 0.444. The zero-order valence-corrected chi connectivity index (χ0v) is 70.2. The van der Waals surface area contributed by atoms with Crippen LogP contribution in [-0.4, -0.2) is 30.4 Å². The van der Waals surface area contributed by atoms with E-state index in [0.717, 1.165) is 28.5 Å². The Labute approximate surface area is 611 Å². The van der Waals surface area contributed by atoms with Crippen molar-refractivity contribution in [2.24, 2.45) is 40.9 Å². The molecule has 97 heavy (non-hydrogen) atoms. The molecule has 6 aromatic rings. The first-order chi connectivity index (χ1) is 44.5. The van der Waals surface area contributed by atoms with Crippen LogP contribution in [0.5, 0.6) is 5.75 Å². The molecule has 6 aromatic carbocycles. The topological polar surface area (TPSA) is 18.5 Å². The van der Waals surface area contributed by atoms with Crippen molar-refractivity contribution in [1.82, 2.24) is 0 Å². The second-order valence-corrected chi connectivity index (χ2v) is 48.3. The molecule has 0 aromatic heterocycles. The normalized spacial score (nSPS) is 23.5. The number of fused-ring (bicyclic) bond motifs is 4. The molecule has 516 valence electrons. The Morgan fingerprint density at radius 3 is 1.42 bits per heavy atom. The monoisotopic (exact) mass is 1450 g/mol. The van der Waals surface area contributed by atoms with Gasteiger partial charge in [-0.15, -0.1) is 0 Å². The fourth-order valence-electron chi connectivity index (χ4n) is 19.6. The zero-order chi connectivity index (χ0) is 69.4. The van der Waals surface area contributed by atoms with Crippen LogP contribution in [0, 0.1) is 62.7 Å². The van der Waals surface area contributed by atoms with Gasteiger partial charge in [-0.05, 0) is 181 Å². The van der Waals surface area contributed by atoms with Gasteiger partial charge < -0.3 is 24.3 Å². The number of hydrogen-bond donors (Lipinski definition) is 0. The maximum atomic E-state index is 6.35. The SMILES string of the molecule is COC1=C(c2ccccc2)C2CC(C)C([Si](C)(C)C3C(C)CC4C(c5ccc(C(C)(C)C)cc5)=CC(C)=CC43)C2C=C1C(C)(C)C.COc1c(C(C)(C)C)cc2c(c1-c1ccccc1)C=C(C)C2[Si](C)(C)C1C(C)=Cc2c(-c3ccc(C(C)(C)C)cc3)cc(C)cc21.[CH3-].[CH3-].[Cl][Zr+2][Cl]. The van der Waals surface area contributed by atoms with Crippen LogP contribution >= 0.6 is 17.0 Å². The van der Waals surface area contributed by atoms with Crippen LogP contribution in [0.3, 0.4) is 0 Å². The number of rotatable bonds is 10. The second kappa shape index (κ2) is 29.7. The van der Waals surface area contributed by atoms with Gasteiger partial charge in [0.15, 0.2) is 0 Å². The van der Waals surface area contributed by atoms with Crippen LogP contribution in [-0.2, 0) is 41.8 Å². The van der Waals surface area contributed by atoms with Crippen molar-refractivity contribution in [2.75, 3.05) is 14.2 Å². The Balaban J connectivity index is 0.000000234. The van der Waals surface area contributed by atoms with Crippen LogP contribution in [0.15, 0.2) is 174 Å². The van der Waals surface area contributed by atoms with Crippen LogP contribution in [0.2, 0.25) is 37.3 Å². The van der Waals surface area contributed by atoms with Crippen molar-refractivity contribution < 1.29 is 30.3 Å². The molecule has 6 aliphatic rings. The van der Waals surface area contributed by atoms with Crippen molar-refractivity contribution in [3.05, 3.63) is 244 Å². The van der Waals surface area contributed by atoms with Crippen molar-refractivity contribution in [3.63, 3.8) is 0 Å². The zero-order valence-electron chi connectivity index (χ0n) is 64.3. The summed E-state index contributed by atoms with van der Waals surface area (Å²) in [6.07, 6.45) is 15.5. The van der Waals surface area contributed by atoms with Gasteiger partial charge in [-0.25, -0.2) is 0 Å². The van der Waals surface area contributed by atoms with Gasteiger partial charge in [0, 0.05) is 27.8 Å². The summed E-state index contributed by atoms with van der Waals surface area (Å²) in [7, 11) is 9.74. The van der Waals surface area contributed by atoms with E-state index >= 15 is 0 Å². The van der Waals surface area contributed by atoms with E-state index < -0.39 is 37.0 Å². The first kappa shape index (κ1) is 78.0. The summed E-state index contributed by atoms with van der Waals surface area (Å²) in [5.74, 6) is 5.93. The average molecular weight is 1450 g/mol. The summed E-state index contributed by atoms with van der Waals surface area (Å²) in [6, 6.07) is 48.4. The van der Waals surface area contributed by atoms with Crippen molar-refractivity contribution in [3.8, 4) is 28.0 Å². The predicted molar refractivity (Wildman–Crippen MR) is 429 cm³/mol. The molecular weight excluding hydrogens is 1330 g/mol. The Kier molecular flexibility index (Phi) is 23.9. The molecule has 0 aliphatic heterocycles. The molecule has 10 atom stereocenters. The van der Waals surface area contributed by atoms with Crippen LogP contribution in [0.4, 0.5) is 0 Å². The molecule has 10 unspecified atom stereocenters. The number of benzene rings is 6. The van der Waals surface area contributed by atoms with Gasteiger partial charge in [-0.2, -0.15) is 0 Å². The van der Waals surface area contributed by atoms with E-state index in [2.05, 4.69) is 309 Å². The molecule has 0 bridgehead atoms. The molecule has 2 fully saturated rings. The molecule has 2 saturated carbocycles. The molecule has 0 N–H and O–H groups in total. The summed E-state index contributed by atoms with van der Waals surface area (Å²) >= 11 is -0.826. The first-order valence-electron chi connectivity index (χ1n) is 35.4. The molecule has 0 amide bonds. The number of hydrogen-bond acceptors (Lipinski definition) is 2. The van der Waals surface area contributed by atoms with E-state index in [9.17, 15) is 0 Å². The van der Waals surface area contributed by atoms with E-state index in [1.807, 2.05) is 14.2 Å². The summed E-state index contributed by atoms with van der Waals surface area (Å²) in [5.41, 5.74) is 30.8. The molecule has 6 aliphatic carbocycles. The van der Waals surface area contributed by atoms with Gasteiger partial charge in [0.05, 0.1) is 30.4 Å². The standard InChI is InChI=1S/C44H60OSi.C44H52OSi.2CH3.2ClH.Zr/c2*1-27-22-33(30-18-20-32(21-19-30)43(4,5)6)34-24-28(2)41(36(34)23-27)46(11,12)42-29(3)25-35-37(42)26-38(44(7,8)9)40(45-10)39(35)31-16-14-13-15-17-31;;;;;/h13-23,26,28-29,34-37,41-42H,24-25H2,1-12H3;13-26,41-42H,1-12H3;2*1H3;2*1H;/q;;2*-1;;;+4/p-2. The van der Waals surface area contributed by atoms with Gasteiger partial charge in [0.1, 0.15) is 11.5 Å². The summed E-state index contributed by atoms with van der Waals surface area (Å²) in [4.78, 5) is 0. The third kappa shape index (κ3) is 15.1. The van der Waals surface area contributed by atoms with Crippen LogP contribution < -0.4 is 4.74 Å². The minimum atomic E-state index is -2.06. The summed E-state index contributed by atoms with van der Waals surface area (Å²) in [6.45, 7) is 53.4. The number of aryl methyl sites for hydroxylation is 1. The van der Waals surface area contributed by atoms with E-state index in [4.69, 9.17) is 26.5 Å². The number of ether oxygens (including phenoxy) is 2. The predicted octanol–water partition coefficient (Wildman–Crippen LogP) is 27.1. The fourth-order valence-corrected chi connectivity index (χ4v) is 30.8. The Bertz CT molecular complexity index is 4000. The molecule has 0 radical (unpaired) electrons. The van der Waals surface area contributed by atoms with E-state index in [-0.39, 0.29) is 36.5 Å².